The van der Waals surface area contributed by atoms with Crippen LogP contribution in [-0.4, -0.2) is 40.9 Å². The van der Waals surface area contributed by atoms with Crippen LogP contribution < -0.4 is 9.47 Å². The van der Waals surface area contributed by atoms with Crippen LogP contribution in [0, 0.1) is 0 Å². The van der Waals surface area contributed by atoms with Crippen molar-refractivity contribution in [3.05, 3.63) is 95.3 Å². The maximum Gasteiger partial charge on any atom is 0.295 e. The number of nitrogens with zero attached hydrogens (tertiary/aromatic N) is 2. The van der Waals surface area contributed by atoms with Gasteiger partial charge in [0.15, 0.2) is 0 Å². The van der Waals surface area contributed by atoms with Crippen molar-refractivity contribution in [3.8, 4) is 11.5 Å². The number of ether oxygens (including phenoxy) is 2. The summed E-state index contributed by atoms with van der Waals surface area (Å²) in [6.07, 6.45) is 3.26. The van der Waals surface area contributed by atoms with Gasteiger partial charge in [-0.25, -0.2) is 0 Å². The van der Waals surface area contributed by atoms with E-state index in [1.807, 2.05) is 0 Å². The molecule has 1 fully saturated rings. The van der Waals surface area contributed by atoms with E-state index >= 15 is 0 Å². The largest absolute Gasteiger partial charge is 0.507 e. The van der Waals surface area contributed by atoms with Crippen LogP contribution in [0.1, 0.15) is 22.7 Å². The SMILES string of the molecule is COc1cccc(C(O)=C2C(=O)C(=O)N(Cc3ccncc3)C2c2cccc(OC)c2)c1. The molecule has 1 aromatic heterocycles. The fourth-order valence-electron chi connectivity index (χ4n) is 3.81. The van der Waals surface area contributed by atoms with Gasteiger partial charge in [0, 0.05) is 24.5 Å². The van der Waals surface area contributed by atoms with E-state index < -0.39 is 17.7 Å². The highest BCUT2D eigenvalue weighted by atomic mass is 16.5. The molecule has 1 N–H and O–H groups in total. The van der Waals surface area contributed by atoms with Crippen molar-refractivity contribution in [2.45, 2.75) is 12.6 Å². The minimum absolute atomic E-state index is 0.0190. The van der Waals surface area contributed by atoms with Gasteiger partial charge < -0.3 is 19.5 Å². The molecule has 1 saturated heterocycles. The molecule has 0 aliphatic carbocycles. The van der Waals surface area contributed by atoms with E-state index in [1.54, 1.807) is 80.2 Å². The number of amides is 1. The van der Waals surface area contributed by atoms with Crippen LogP contribution in [0.15, 0.2) is 78.6 Å². The monoisotopic (exact) mass is 430 g/mol. The lowest BCUT2D eigenvalue weighted by atomic mass is 9.95. The van der Waals surface area contributed by atoms with Gasteiger partial charge in [0.2, 0.25) is 0 Å². The number of methoxy groups -OCH3 is 2. The van der Waals surface area contributed by atoms with Gasteiger partial charge in [0.05, 0.1) is 25.8 Å². The number of ketones is 1. The first-order valence-electron chi connectivity index (χ1n) is 9.99. The molecular formula is C25H22N2O5. The zero-order valence-corrected chi connectivity index (χ0v) is 17.7. The summed E-state index contributed by atoms with van der Waals surface area (Å²) < 4.78 is 10.6. The number of pyridine rings is 1. The molecule has 4 rings (SSSR count). The summed E-state index contributed by atoms with van der Waals surface area (Å²) in [4.78, 5) is 31.7. The predicted octanol–water partition coefficient (Wildman–Crippen LogP) is 3.72. The molecule has 7 heteroatoms. The molecule has 1 atom stereocenters. The van der Waals surface area contributed by atoms with Crippen molar-refractivity contribution in [1.29, 1.82) is 0 Å². The molecule has 2 aromatic carbocycles. The summed E-state index contributed by atoms with van der Waals surface area (Å²) in [6, 6.07) is 16.6. The maximum atomic E-state index is 13.1. The van der Waals surface area contributed by atoms with E-state index in [-0.39, 0.29) is 17.9 Å². The highest BCUT2D eigenvalue weighted by Gasteiger charge is 2.46. The quantitative estimate of drug-likeness (QED) is 0.364. The Kier molecular flexibility index (Phi) is 5.89. The third-order valence-electron chi connectivity index (χ3n) is 5.39. The number of carbonyl (C=O) groups is 2. The Hall–Kier alpha value is -4.13. The second-order valence-electron chi connectivity index (χ2n) is 7.29. The lowest BCUT2D eigenvalue weighted by Crippen LogP contribution is -2.29. The van der Waals surface area contributed by atoms with Crippen LogP contribution in [0.5, 0.6) is 11.5 Å². The van der Waals surface area contributed by atoms with Gasteiger partial charge in [-0.3, -0.25) is 14.6 Å². The molecule has 7 nitrogen and oxygen atoms in total. The Bertz CT molecular complexity index is 1190. The summed E-state index contributed by atoms with van der Waals surface area (Å²) >= 11 is 0. The lowest BCUT2D eigenvalue weighted by Gasteiger charge is -2.25. The number of rotatable bonds is 6. The van der Waals surface area contributed by atoms with Gasteiger partial charge in [0.25, 0.3) is 11.7 Å². The highest BCUT2D eigenvalue weighted by molar-refractivity contribution is 6.46. The maximum absolute atomic E-state index is 13.1. The Morgan fingerprint density at radius 1 is 0.969 bits per heavy atom. The number of hydrogen-bond acceptors (Lipinski definition) is 6. The van der Waals surface area contributed by atoms with Crippen molar-refractivity contribution in [2.75, 3.05) is 14.2 Å². The first-order chi connectivity index (χ1) is 15.5. The lowest BCUT2D eigenvalue weighted by molar-refractivity contribution is -0.140. The average molecular weight is 430 g/mol. The molecule has 162 valence electrons. The number of Topliss-reactive ketones (excluding diaryl/α,β-unsaturated/α-hetero) is 1. The molecule has 0 saturated carbocycles. The molecule has 0 radical (unpaired) electrons. The second kappa shape index (κ2) is 8.93. The van der Waals surface area contributed by atoms with Crippen LogP contribution >= 0.6 is 0 Å². The summed E-state index contributed by atoms with van der Waals surface area (Å²) in [5, 5.41) is 11.2. The van der Waals surface area contributed by atoms with E-state index in [0.29, 0.717) is 22.6 Å². The zero-order chi connectivity index (χ0) is 22.7. The molecule has 2 heterocycles. The van der Waals surface area contributed by atoms with Crippen LogP contribution in [0.4, 0.5) is 0 Å². The standard InChI is InChI=1S/C25H22N2O5/c1-31-19-7-3-5-17(13-19)22-21(23(28)18-6-4-8-20(14-18)32-2)24(29)25(30)27(22)15-16-9-11-26-12-10-16/h3-14,22,28H,15H2,1-2H3. The first kappa shape index (κ1) is 21.1. The van der Waals surface area contributed by atoms with E-state index in [9.17, 15) is 14.7 Å². The smallest absolute Gasteiger partial charge is 0.295 e. The van der Waals surface area contributed by atoms with Crippen molar-refractivity contribution in [1.82, 2.24) is 9.88 Å². The van der Waals surface area contributed by atoms with E-state index in [1.165, 1.54) is 12.0 Å². The molecule has 1 aliphatic heterocycles. The van der Waals surface area contributed by atoms with Gasteiger partial charge in [-0.05, 0) is 47.5 Å². The predicted molar refractivity (Wildman–Crippen MR) is 118 cm³/mol. The number of carbonyl (C=O) groups excluding carboxylic acids is 2. The number of hydrogen-bond donors (Lipinski definition) is 1. The van der Waals surface area contributed by atoms with Crippen molar-refractivity contribution < 1.29 is 24.2 Å². The minimum atomic E-state index is -0.788. The summed E-state index contributed by atoms with van der Waals surface area (Å²) in [7, 11) is 3.06. The van der Waals surface area contributed by atoms with Crippen molar-refractivity contribution in [2.24, 2.45) is 0 Å². The van der Waals surface area contributed by atoms with Gasteiger partial charge in [0.1, 0.15) is 17.3 Å². The van der Waals surface area contributed by atoms with Crippen molar-refractivity contribution >= 4 is 17.4 Å². The topological polar surface area (TPSA) is 89.0 Å². The molecule has 3 aromatic rings. The number of aliphatic hydroxyl groups is 1. The van der Waals surface area contributed by atoms with Gasteiger partial charge >= 0.3 is 0 Å². The number of likely N-dealkylation sites (tertiary alicyclic amines) is 1. The Balaban J connectivity index is 1.88. The summed E-state index contributed by atoms with van der Waals surface area (Å²) in [5.41, 5.74) is 1.88. The minimum Gasteiger partial charge on any atom is -0.507 e. The molecule has 32 heavy (non-hydrogen) atoms. The Morgan fingerprint density at radius 2 is 1.62 bits per heavy atom. The third kappa shape index (κ3) is 3.92. The molecule has 1 amide bonds. The fraction of sp³-hybridized carbons (Fsp3) is 0.160. The Labute approximate surface area is 185 Å². The normalized spacial score (nSPS) is 17.4. The van der Waals surface area contributed by atoms with E-state index in [2.05, 4.69) is 4.98 Å². The zero-order valence-electron chi connectivity index (χ0n) is 17.7. The van der Waals surface area contributed by atoms with Crippen LogP contribution in [-0.2, 0) is 16.1 Å². The fourth-order valence-corrected chi connectivity index (χ4v) is 3.81. The first-order valence-corrected chi connectivity index (χ1v) is 9.99. The number of benzene rings is 2. The van der Waals surface area contributed by atoms with Crippen LogP contribution in [0.25, 0.3) is 5.76 Å². The number of aromatic nitrogens is 1. The summed E-state index contributed by atoms with van der Waals surface area (Å²) in [6.45, 7) is 0.184. The van der Waals surface area contributed by atoms with E-state index in [4.69, 9.17) is 9.47 Å². The molecule has 0 bridgehead atoms. The van der Waals surface area contributed by atoms with E-state index in [0.717, 1.165) is 5.56 Å². The molecule has 1 unspecified atom stereocenters. The molecule has 1 aliphatic rings. The van der Waals surface area contributed by atoms with Crippen molar-refractivity contribution in [3.63, 3.8) is 0 Å². The van der Waals surface area contributed by atoms with Crippen LogP contribution in [0.3, 0.4) is 0 Å². The Morgan fingerprint density at radius 3 is 2.31 bits per heavy atom. The average Bonchev–Trinajstić information content (AvgIpc) is 3.09. The molecular weight excluding hydrogens is 408 g/mol. The summed E-state index contributed by atoms with van der Waals surface area (Å²) in [5.74, 6) is -0.574. The van der Waals surface area contributed by atoms with Gasteiger partial charge in [-0.1, -0.05) is 24.3 Å². The number of aliphatic hydroxyl groups excluding tert-OH is 1. The highest BCUT2D eigenvalue weighted by Crippen LogP contribution is 2.41. The van der Waals surface area contributed by atoms with Crippen LogP contribution in [0.2, 0.25) is 0 Å². The van der Waals surface area contributed by atoms with Gasteiger partial charge in [-0.2, -0.15) is 0 Å². The third-order valence-corrected chi connectivity index (χ3v) is 5.39. The second-order valence-corrected chi connectivity index (χ2v) is 7.29. The molecule has 0 spiro atoms. The van der Waals surface area contributed by atoms with Gasteiger partial charge in [-0.15, -0.1) is 0 Å².